The average molecular weight is 384 g/mol. The van der Waals surface area contributed by atoms with Gasteiger partial charge < -0.3 is 14.8 Å². The number of alkyl halides is 2. The number of ether oxygens (including phenoxy) is 2. The van der Waals surface area contributed by atoms with Gasteiger partial charge in [-0.25, -0.2) is 0 Å². The van der Waals surface area contributed by atoms with Crippen LogP contribution in [0, 0.1) is 11.3 Å². The molecule has 2 aromatic carbocycles. The number of benzene rings is 2. The van der Waals surface area contributed by atoms with Crippen molar-refractivity contribution in [1.29, 1.82) is 5.26 Å². The fraction of sp³-hybridized carbons (Fsp3) is 0.409. The molecule has 4 nitrogen and oxygen atoms in total. The number of halogens is 2. The van der Waals surface area contributed by atoms with E-state index in [-0.39, 0.29) is 17.7 Å². The first-order valence-electron chi connectivity index (χ1n) is 9.52. The molecule has 2 aromatic rings. The fourth-order valence-electron chi connectivity index (χ4n) is 4.55. The molecule has 1 N–H and O–H groups in total. The van der Waals surface area contributed by atoms with E-state index in [2.05, 4.69) is 23.5 Å². The van der Waals surface area contributed by atoms with E-state index >= 15 is 0 Å². The van der Waals surface area contributed by atoms with Gasteiger partial charge >= 0.3 is 6.61 Å². The van der Waals surface area contributed by atoms with Crippen LogP contribution in [0.15, 0.2) is 48.5 Å². The minimum Gasteiger partial charge on any atom is -0.435 e. The lowest BCUT2D eigenvalue weighted by atomic mass is 9.76. The summed E-state index contributed by atoms with van der Waals surface area (Å²) < 4.78 is 36.8. The molecule has 4 rings (SSSR count). The van der Waals surface area contributed by atoms with Crippen molar-refractivity contribution >= 4 is 0 Å². The van der Waals surface area contributed by atoms with Gasteiger partial charge in [0.2, 0.25) is 0 Å². The van der Waals surface area contributed by atoms with Gasteiger partial charge in [0.05, 0.1) is 29.9 Å². The third-order valence-corrected chi connectivity index (χ3v) is 5.74. The van der Waals surface area contributed by atoms with Gasteiger partial charge in [0.15, 0.2) is 0 Å². The molecule has 0 unspecified atom stereocenters. The van der Waals surface area contributed by atoms with E-state index < -0.39 is 12.2 Å². The number of hydrogen-bond acceptors (Lipinski definition) is 4. The molecule has 2 fully saturated rings. The van der Waals surface area contributed by atoms with Crippen molar-refractivity contribution in [3.05, 3.63) is 65.2 Å². The fourth-order valence-corrected chi connectivity index (χ4v) is 4.55. The van der Waals surface area contributed by atoms with Crippen LogP contribution in [0.1, 0.15) is 47.9 Å². The van der Waals surface area contributed by atoms with Crippen LogP contribution in [0.3, 0.4) is 0 Å². The van der Waals surface area contributed by atoms with Crippen molar-refractivity contribution in [3.8, 4) is 11.8 Å². The number of nitrogens with zero attached hydrogens (tertiary/aromatic N) is 1. The van der Waals surface area contributed by atoms with Gasteiger partial charge in [-0.1, -0.05) is 30.3 Å². The Labute approximate surface area is 163 Å². The van der Waals surface area contributed by atoms with Gasteiger partial charge in [0.1, 0.15) is 5.75 Å². The monoisotopic (exact) mass is 384 g/mol. The third-order valence-electron chi connectivity index (χ3n) is 5.74. The minimum absolute atomic E-state index is 0.0473. The average Bonchev–Trinajstić information content (AvgIpc) is 3.13. The summed E-state index contributed by atoms with van der Waals surface area (Å²) in [6.45, 7) is -1.57. The smallest absolute Gasteiger partial charge is 0.387 e. The first-order valence-corrected chi connectivity index (χ1v) is 9.52. The Hall–Kier alpha value is -2.49. The third kappa shape index (κ3) is 3.60. The Morgan fingerprint density at radius 3 is 2.79 bits per heavy atom. The predicted octanol–water partition coefficient (Wildman–Crippen LogP) is 4.53. The normalized spacial score (nSPS) is 27.1. The standard InChI is InChI=1S/C22H22F2N2O2/c23-21(24)28-19-8-7-15(13-25)11-18(19)17-12-22(27-14-17)9-4-10-26-20(22)16-5-2-1-3-6-16/h1-3,5-8,11,17,20-21,26H,4,9-10,12,14H2/t17-,20+,22-/m1/s1. The first-order chi connectivity index (χ1) is 13.6. The summed E-state index contributed by atoms with van der Waals surface area (Å²) in [5.41, 5.74) is 1.82. The maximum atomic E-state index is 12.9. The molecule has 0 saturated carbocycles. The zero-order valence-electron chi connectivity index (χ0n) is 15.4. The molecular formula is C22H22F2N2O2. The summed E-state index contributed by atoms with van der Waals surface area (Å²) in [5, 5.41) is 12.8. The van der Waals surface area contributed by atoms with Crippen molar-refractivity contribution in [2.24, 2.45) is 0 Å². The minimum atomic E-state index is -2.91. The molecular weight excluding hydrogens is 362 g/mol. The molecule has 0 bridgehead atoms. The van der Waals surface area contributed by atoms with Crippen LogP contribution in [0.25, 0.3) is 0 Å². The summed E-state index contributed by atoms with van der Waals surface area (Å²) in [6, 6.07) is 16.9. The summed E-state index contributed by atoms with van der Waals surface area (Å²) in [6.07, 6.45) is 2.59. The Kier molecular flexibility index (Phi) is 5.29. The van der Waals surface area contributed by atoms with Gasteiger partial charge in [-0.2, -0.15) is 14.0 Å². The first kappa shape index (κ1) is 18.9. The van der Waals surface area contributed by atoms with Crippen LogP contribution in [0.4, 0.5) is 8.78 Å². The Morgan fingerprint density at radius 2 is 2.04 bits per heavy atom. The summed E-state index contributed by atoms with van der Waals surface area (Å²) in [7, 11) is 0. The second-order valence-electron chi connectivity index (χ2n) is 7.42. The van der Waals surface area contributed by atoms with Gasteiger partial charge in [-0.15, -0.1) is 0 Å². The van der Waals surface area contributed by atoms with Gasteiger partial charge in [-0.05, 0) is 49.6 Å². The Bertz CT molecular complexity index is 869. The van der Waals surface area contributed by atoms with E-state index in [9.17, 15) is 14.0 Å². The van der Waals surface area contributed by atoms with E-state index in [0.717, 1.165) is 24.9 Å². The lowest BCUT2D eigenvalue weighted by Gasteiger charge is -2.41. The van der Waals surface area contributed by atoms with Crippen LogP contribution in [0.2, 0.25) is 0 Å². The molecule has 0 aliphatic carbocycles. The van der Waals surface area contributed by atoms with Crippen molar-refractivity contribution in [2.75, 3.05) is 13.2 Å². The number of rotatable bonds is 4. The van der Waals surface area contributed by atoms with Crippen LogP contribution >= 0.6 is 0 Å². The molecule has 0 radical (unpaired) electrons. The highest BCUT2D eigenvalue weighted by Gasteiger charge is 2.49. The van der Waals surface area contributed by atoms with E-state index in [4.69, 9.17) is 9.47 Å². The largest absolute Gasteiger partial charge is 0.435 e. The highest BCUT2D eigenvalue weighted by atomic mass is 19.3. The molecule has 28 heavy (non-hydrogen) atoms. The van der Waals surface area contributed by atoms with Crippen LogP contribution in [-0.2, 0) is 4.74 Å². The van der Waals surface area contributed by atoms with E-state index in [1.54, 1.807) is 6.07 Å². The second kappa shape index (κ2) is 7.86. The summed E-state index contributed by atoms with van der Waals surface area (Å²) in [4.78, 5) is 0. The van der Waals surface area contributed by atoms with E-state index in [0.29, 0.717) is 24.2 Å². The lowest BCUT2D eigenvalue weighted by Crippen LogP contribution is -2.48. The molecule has 146 valence electrons. The second-order valence-corrected chi connectivity index (χ2v) is 7.42. The van der Waals surface area contributed by atoms with Crippen LogP contribution in [0.5, 0.6) is 5.75 Å². The molecule has 0 amide bonds. The van der Waals surface area contributed by atoms with Crippen LogP contribution < -0.4 is 10.1 Å². The number of nitrogens with one attached hydrogen (secondary N) is 1. The Balaban J connectivity index is 1.65. The van der Waals surface area contributed by atoms with Gasteiger partial charge in [-0.3, -0.25) is 0 Å². The molecule has 3 atom stereocenters. The molecule has 2 aliphatic rings. The van der Waals surface area contributed by atoms with Crippen molar-refractivity contribution in [3.63, 3.8) is 0 Å². The zero-order chi connectivity index (χ0) is 19.6. The quantitative estimate of drug-likeness (QED) is 0.842. The van der Waals surface area contributed by atoms with Crippen molar-refractivity contribution in [2.45, 2.75) is 43.4 Å². The van der Waals surface area contributed by atoms with E-state index in [1.165, 1.54) is 12.1 Å². The Morgan fingerprint density at radius 1 is 1.21 bits per heavy atom. The molecule has 2 heterocycles. The highest BCUT2D eigenvalue weighted by Crippen LogP contribution is 2.49. The maximum Gasteiger partial charge on any atom is 0.387 e. The maximum absolute atomic E-state index is 12.9. The van der Waals surface area contributed by atoms with Gasteiger partial charge in [0, 0.05) is 11.5 Å². The van der Waals surface area contributed by atoms with Crippen molar-refractivity contribution in [1.82, 2.24) is 5.32 Å². The van der Waals surface area contributed by atoms with Crippen molar-refractivity contribution < 1.29 is 18.3 Å². The van der Waals surface area contributed by atoms with Gasteiger partial charge in [0.25, 0.3) is 0 Å². The topological polar surface area (TPSA) is 54.3 Å². The molecule has 0 aromatic heterocycles. The number of nitriles is 1. The van der Waals surface area contributed by atoms with Crippen LogP contribution in [-0.4, -0.2) is 25.4 Å². The lowest BCUT2D eigenvalue weighted by molar-refractivity contribution is -0.0512. The molecule has 1 spiro atoms. The van der Waals surface area contributed by atoms with E-state index in [1.807, 2.05) is 18.2 Å². The summed E-state index contributed by atoms with van der Waals surface area (Å²) >= 11 is 0. The number of piperidine rings is 1. The number of hydrogen-bond donors (Lipinski definition) is 1. The highest BCUT2D eigenvalue weighted by molar-refractivity contribution is 5.45. The molecule has 2 aliphatic heterocycles. The molecule has 6 heteroatoms. The molecule has 2 saturated heterocycles. The zero-order valence-corrected chi connectivity index (χ0v) is 15.4. The predicted molar refractivity (Wildman–Crippen MR) is 100 cm³/mol. The SMILES string of the molecule is N#Cc1ccc(OC(F)F)c([C@H]2CO[C@]3(CCCN[C@H]3c3ccccc3)C2)c1. The summed E-state index contributed by atoms with van der Waals surface area (Å²) in [5.74, 6) is 0.0211.